The second kappa shape index (κ2) is 8.00. The standard InChI is InChI=1S/C16H24N2O3/c1-20-13-5-6-16(21-2)14(12-13)15(19)4-3-9-18-10-7-17-8-11-18/h5-6,12,17H,3-4,7-11H2,1-2H3. The van der Waals surface area contributed by atoms with Crippen molar-refractivity contribution >= 4 is 5.78 Å². The molecule has 0 atom stereocenters. The fraction of sp³-hybridized carbons (Fsp3) is 0.562. The maximum absolute atomic E-state index is 12.4. The fourth-order valence-electron chi connectivity index (χ4n) is 2.56. The summed E-state index contributed by atoms with van der Waals surface area (Å²) < 4.78 is 10.4. The van der Waals surface area contributed by atoms with Gasteiger partial charge in [-0.3, -0.25) is 4.79 Å². The summed E-state index contributed by atoms with van der Waals surface area (Å²) >= 11 is 0. The third-order valence-electron chi connectivity index (χ3n) is 3.79. The smallest absolute Gasteiger partial charge is 0.166 e. The number of rotatable bonds is 7. The Morgan fingerprint density at radius 1 is 1.24 bits per heavy atom. The molecule has 1 fully saturated rings. The number of nitrogens with one attached hydrogen (secondary N) is 1. The molecular weight excluding hydrogens is 268 g/mol. The van der Waals surface area contributed by atoms with Crippen LogP contribution in [0, 0.1) is 0 Å². The lowest BCUT2D eigenvalue weighted by atomic mass is 10.0. The van der Waals surface area contributed by atoms with Crippen LogP contribution in [0.3, 0.4) is 0 Å². The number of hydrogen-bond acceptors (Lipinski definition) is 5. The van der Waals surface area contributed by atoms with Gasteiger partial charge in [0.1, 0.15) is 11.5 Å². The van der Waals surface area contributed by atoms with Crippen LogP contribution in [0.5, 0.6) is 11.5 Å². The lowest BCUT2D eigenvalue weighted by Crippen LogP contribution is -2.43. The van der Waals surface area contributed by atoms with Crippen LogP contribution in [0.15, 0.2) is 18.2 Å². The average Bonchev–Trinajstić information content (AvgIpc) is 2.55. The molecule has 21 heavy (non-hydrogen) atoms. The van der Waals surface area contributed by atoms with Crippen molar-refractivity contribution in [3.63, 3.8) is 0 Å². The van der Waals surface area contributed by atoms with Crippen LogP contribution in [0.4, 0.5) is 0 Å². The van der Waals surface area contributed by atoms with E-state index in [9.17, 15) is 4.79 Å². The molecule has 1 aliphatic rings. The second-order valence-corrected chi connectivity index (χ2v) is 5.18. The lowest BCUT2D eigenvalue weighted by Gasteiger charge is -2.26. The van der Waals surface area contributed by atoms with Gasteiger partial charge in [-0.2, -0.15) is 0 Å². The van der Waals surface area contributed by atoms with Crippen molar-refractivity contribution in [3.8, 4) is 11.5 Å². The van der Waals surface area contributed by atoms with E-state index >= 15 is 0 Å². The highest BCUT2D eigenvalue weighted by Gasteiger charge is 2.15. The Kier molecular flexibility index (Phi) is 6.02. The normalized spacial score (nSPS) is 15.7. The molecule has 2 rings (SSSR count). The maximum atomic E-state index is 12.4. The molecule has 0 unspecified atom stereocenters. The molecule has 5 heteroatoms. The first-order valence-corrected chi connectivity index (χ1v) is 7.43. The van der Waals surface area contributed by atoms with Gasteiger partial charge in [0.15, 0.2) is 5.78 Å². The third kappa shape index (κ3) is 4.44. The van der Waals surface area contributed by atoms with Crippen molar-refractivity contribution in [1.82, 2.24) is 10.2 Å². The second-order valence-electron chi connectivity index (χ2n) is 5.18. The Balaban J connectivity index is 1.89. The van der Waals surface area contributed by atoms with Crippen LogP contribution in [0.1, 0.15) is 23.2 Å². The largest absolute Gasteiger partial charge is 0.497 e. The number of carbonyl (C=O) groups excluding carboxylic acids is 1. The number of Topliss-reactive ketones (excluding diaryl/α,β-unsaturated/α-hetero) is 1. The monoisotopic (exact) mass is 292 g/mol. The summed E-state index contributed by atoms with van der Waals surface area (Å²) in [6, 6.07) is 5.34. The Labute approximate surface area is 126 Å². The summed E-state index contributed by atoms with van der Waals surface area (Å²) in [5, 5.41) is 3.33. The van der Waals surface area contributed by atoms with Crippen molar-refractivity contribution in [2.24, 2.45) is 0 Å². The van der Waals surface area contributed by atoms with Crippen LogP contribution < -0.4 is 14.8 Å². The predicted molar refractivity (Wildman–Crippen MR) is 82.4 cm³/mol. The highest BCUT2D eigenvalue weighted by atomic mass is 16.5. The minimum absolute atomic E-state index is 0.112. The summed E-state index contributed by atoms with van der Waals surface area (Å²) in [6.45, 7) is 5.18. The zero-order valence-electron chi connectivity index (χ0n) is 12.9. The molecule has 0 bridgehead atoms. The summed E-state index contributed by atoms with van der Waals surface area (Å²) in [6.07, 6.45) is 1.41. The van der Waals surface area contributed by atoms with E-state index in [1.165, 1.54) is 0 Å². The predicted octanol–water partition coefficient (Wildman–Crippen LogP) is 1.57. The molecule has 0 amide bonds. The van der Waals surface area contributed by atoms with E-state index in [4.69, 9.17) is 9.47 Å². The molecule has 1 N–H and O–H groups in total. The van der Waals surface area contributed by atoms with Crippen LogP contribution in [-0.2, 0) is 0 Å². The van der Waals surface area contributed by atoms with Gasteiger partial charge >= 0.3 is 0 Å². The Morgan fingerprint density at radius 2 is 2.00 bits per heavy atom. The number of nitrogens with zero attached hydrogens (tertiary/aromatic N) is 1. The maximum Gasteiger partial charge on any atom is 0.166 e. The first-order valence-electron chi connectivity index (χ1n) is 7.43. The van der Waals surface area contributed by atoms with Crippen LogP contribution >= 0.6 is 0 Å². The molecule has 116 valence electrons. The Bertz CT molecular complexity index is 471. The zero-order chi connectivity index (χ0) is 15.1. The van der Waals surface area contributed by atoms with Gasteiger partial charge in [0.2, 0.25) is 0 Å². The number of methoxy groups -OCH3 is 2. The van der Waals surface area contributed by atoms with Gasteiger partial charge in [0.05, 0.1) is 19.8 Å². The molecule has 0 radical (unpaired) electrons. The first kappa shape index (κ1) is 15.8. The number of ketones is 1. The van der Waals surface area contributed by atoms with Gasteiger partial charge in [-0.15, -0.1) is 0 Å². The SMILES string of the molecule is COc1ccc(OC)c(C(=O)CCCN2CCNCC2)c1. The molecule has 1 heterocycles. The number of carbonyl (C=O) groups is 1. The molecule has 0 spiro atoms. The van der Waals surface area contributed by atoms with E-state index in [0.717, 1.165) is 39.1 Å². The molecule has 1 aromatic rings. The molecule has 0 aromatic heterocycles. The van der Waals surface area contributed by atoms with E-state index in [1.54, 1.807) is 32.4 Å². The number of benzene rings is 1. The highest BCUT2D eigenvalue weighted by Crippen LogP contribution is 2.25. The minimum Gasteiger partial charge on any atom is -0.497 e. The van der Waals surface area contributed by atoms with E-state index in [0.29, 0.717) is 23.5 Å². The van der Waals surface area contributed by atoms with Gasteiger partial charge < -0.3 is 19.7 Å². The summed E-state index contributed by atoms with van der Waals surface area (Å²) in [4.78, 5) is 14.8. The van der Waals surface area contributed by atoms with Crippen LogP contribution in [0.25, 0.3) is 0 Å². The van der Waals surface area contributed by atoms with Gasteiger partial charge in [-0.1, -0.05) is 0 Å². The molecule has 1 aromatic carbocycles. The molecule has 5 nitrogen and oxygen atoms in total. The molecule has 1 aliphatic heterocycles. The van der Waals surface area contributed by atoms with Gasteiger partial charge in [0.25, 0.3) is 0 Å². The molecule has 0 aliphatic carbocycles. The highest BCUT2D eigenvalue weighted by molar-refractivity contribution is 5.99. The Morgan fingerprint density at radius 3 is 2.67 bits per heavy atom. The van der Waals surface area contributed by atoms with Crippen LogP contribution in [0.2, 0.25) is 0 Å². The summed E-state index contributed by atoms with van der Waals surface area (Å²) in [7, 11) is 3.18. The summed E-state index contributed by atoms with van der Waals surface area (Å²) in [5.41, 5.74) is 0.608. The number of ether oxygens (including phenoxy) is 2. The lowest BCUT2D eigenvalue weighted by molar-refractivity contribution is 0.0970. The topological polar surface area (TPSA) is 50.8 Å². The number of hydrogen-bond donors (Lipinski definition) is 1. The van der Waals surface area contributed by atoms with E-state index in [1.807, 2.05) is 0 Å². The first-order chi connectivity index (χ1) is 10.2. The van der Waals surface area contributed by atoms with Crippen molar-refractivity contribution in [2.45, 2.75) is 12.8 Å². The van der Waals surface area contributed by atoms with Gasteiger partial charge in [-0.05, 0) is 31.2 Å². The van der Waals surface area contributed by atoms with E-state index in [2.05, 4.69) is 10.2 Å². The average molecular weight is 292 g/mol. The van der Waals surface area contributed by atoms with E-state index in [-0.39, 0.29) is 5.78 Å². The van der Waals surface area contributed by atoms with Gasteiger partial charge in [0, 0.05) is 32.6 Å². The summed E-state index contributed by atoms with van der Waals surface area (Å²) in [5.74, 6) is 1.41. The molecular formula is C16H24N2O3. The molecule has 1 saturated heterocycles. The van der Waals surface area contributed by atoms with Crippen LogP contribution in [-0.4, -0.2) is 57.6 Å². The van der Waals surface area contributed by atoms with Crippen molar-refractivity contribution in [1.29, 1.82) is 0 Å². The molecule has 0 saturated carbocycles. The quantitative estimate of drug-likeness (QED) is 0.773. The fourth-order valence-corrected chi connectivity index (χ4v) is 2.56. The third-order valence-corrected chi connectivity index (χ3v) is 3.79. The number of piperazine rings is 1. The Hall–Kier alpha value is -1.59. The van der Waals surface area contributed by atoms with Crippen molar-refractivity contribution in [3.05, 3.63) is 23.8 Å². The van der Waals surface area contributed by atoms with Crippen molar-refractivity contribution < 1.29 is 14.3 Å². The van der Waals surface area contributed by atoms with Crippen molar-refractivity contribution in [2.75, 3.05) is 46.9 Å². The van der Waals surface area contributed by atoms with Gasteiger partial charge in [-0.25, -0.2) is 0 Å². The van der Waals surface area contributed by atoms with E-state index < -0.39 is 0 Å². The minimum atomic E-state index is 0.112. The zero-order valence-corrected chi connectivity index (χ0v) is 12.9.